The number of aromatic nitrogens is 1. The second-order valence-corrected chi connectivity index (χ2v) is 7.05. The molecule has 0 radical (unpaired) electrons. The van der Waals surface area contributed by atoms with Crippen molar-refractivity contribution in [3.8, 4) is 0 Å². The van der Waals surface area contributed by atoms with E-state index in [4.69, 9.17) is 4.74 Å². The number of esters is 1. The van der Waals surface area contributed by atoms with E-state index in [9.17, 15) is 19.2 Å². The summed E-state index contributed by atoms with van der Waals surface area (Å²) in [5.41, 5.74) is -0.200. The van der Waals surface area contributed by atoms with Gasteiger partial charge in [-0.15, -0.1) is 0 Å². The van der Waals surface area contributed by atoms with Crippen molar-refractivity contribution >= 4 is 11.9 Å². The van der Waals surface area contributed by atoms with Crippen molar-refractivity contribution in [1.82, 2.24) is 4.90 Å². The van der Waals surface area contributed by atoms with Crippen molar-refractivity contribution < 1.29 is 23.4 Å². The Morgan fingerprint density at radius 2 is 1.96 bits per heavy atom. The van der Waals surface area contributed by atoms with Crippen molar-refractivity contribution in [3.63, 3.8) is 0 Å². The zero-order valence-electron chi connectivity index (χ0n) is 15.8. The predicted molar refractivity (Wildman–Crippen MR) is 99.7 cm³/mol. The Kier molecular flexibility index (Phi) is 5.92. The number of likely N-dealkylation sites (tertiary alicyclic amines) is 1. The van der Waals surface area contributed by atoms with Crippen LogP contribution in [0.3, 0.4) is 0 Å². The Morgan fingerprint density at radius 1 is 1.25 bits per heavy atom. The number of hydrogen-bond donors (Lipinski definition) is 0. The second-order valence-electron chi connectivity index (χ2n) is 7.05. The fraction of sp³-hybridized carbons (Fsp3) is 0.381. The molecule has 0 saturated carbocycles. The van der Waals surface area contributed by atoms with Crippen molar-refractivity contribution in [1.29, 1.82) is 0 Å². The van der Waals surface area contributed by atoms with Gasteiger partial charge in [0.1, 0.15) is 5.82 Å². The average Bonchev–Trinajstić information content (AvgIpc) is 2.70. The van der Waals surface area contributed by atoms with Crippen molar-refractivity contribution in [2.75, 3.05) is 19.7 Å². The number of amides is 1. The normalized spacial score (nSPS) is 19.3. The smallest absolute Gasteiger partial charge is 0.314 e. The minimum atomic E-state index is -1.00. The molecule has 1 aliphatic heterocycles. The molecule has 0 N–H and O–H groups in total. The maximum atomic E-state index is 14.3. The van der Waals surface area contributed by atoms with Gasteiger partial charge in [-0.1, -0.05) is 18.2 Å². The van der Waals surface area contributed by atoms with Crippen LogP contribution in [0, 0.1) is 16.4 Å². The number of carbonyl (C=O) groups excluding carboxylic acids is 2. The van der Waals surface area contributed by atoms with Crippen molar-refractivity contribution in [3.05, 3.63) is 70.9 Å². The van der Waals surface area contributed by atoms with Gasteiger partial charge < -0.3 is 14.8 Å². The number of halogens is 1. The average molecular weight is 386 g/mol. The number of hydrogen-bond acceptors (Lipinski definition) is 4. The Morgan fingerprint density at radius 3 is 2.64 bits per heavy atom. The molecule has 0 bridgehead atoms. The summed E-state index contributed by atoms with van der Waals surface area (Å²) in [5.74, 6) is -1.05. The molecule has 28 heavy (non-hydrogen) atoms. The van der Waals surface area contributed by atoms with Crippen LogP contribution in [-0.2, 0) is 16.0 Å². The first kappa shape index (κ1) is 19.8. The molecule has 1 atom stereocenters. The van der Waals surface area contributed by atoms with Gasteiger partial charge in [-0.05, 0) is 37.8 Å². The minimum Gasteiger partial charge on any atom is -0.619 e. The molecule has 3 rings (SSSR count). The maximum Gasteiger partial charge on any atom is 0.314 e. The first-order valence-corrected chi connectivity index (χ1v) is 9.34. The molecule has 1 amide bonds. The molecule has 7 heteroatoms. The molecule has 1 aliphatic rings. The third-order valence-electron chi connectivity index (χ3n) is 5.11. The van der Waals surface area contributed by atoms with Crippen LogP contribution in [0.2, 0.25) is 0 Å². The molecule has 0 unspecified atom stereocenters. The molecule has 6 nitrogen and oxygen atoms in total. The van der Waals surface area contributed by atoms with E-state index < -0.39 is 11.4 Å². The minimum absolute atomic E-state index is 0.144. The highest BCUT2D eigenvalue weighted by Crippen LogP contribution is 2.36. The SMILES string of the molecule is CCOC(=O)[C@]1(Cc2ccccc2F)CCCN(C(=O)c2cc[n+]([O-])cc2)C1. The highest BCUT2D eigenvalue weighted by atomic mass is 19.1. The van der Waals surface area contributed by atoms with Gasteiger partial charge in [0.15, 0.2) is 12.4 Å². The maximum absolute atomic E-state index is 14.3. The van der Waals surface area contributed by atoms with Crippen LogP contribution in [0.15, 0.2) is 48.8 Å². The molecule has 1 saturated heterocycles. The molecule has 148 valence electrons. The van der Waals surface area contributed by atoms with Crippen LogP contribution < -0.4 is 4.73 Å². The van der Waals surface area contributed by atoms with Gasteiger partial charge in [0.25, 0.3) is 5.91 Å². The van der Waals surface area contributed by atoms with E-state index in [0.29, 0.717) is 35.2 Å². The third kappa shape index (κ3) is 4.13. The molecule has 2 aromatic rings. The molecular weight excluding hydrogens is 363 g/mol. The first-order chi connectivity index (χ1) is 13.4. The number of rotatable bonds is 5. The lowest BCUT2D eigenvalue weighted by molar-refractivity contribution is -0.605. The summed E-state index contributed by atoms with van der Waals surface area (Å²) in [4.78, 5) is 27.3. The zero-order chi connectivity index (χ0) is 20.1. The number of piperidine rings is 1. The fourth-order valence-electron chi connectivity index (χ4n) is 3.72. The standard InChI is InChI=1S/C21H23FN2O4/c1-2-28-20(26)21(14-17-6-3-4-7-18(17)22)10-5-11-23(15-21)19(25)16-8-12-24(27)13-9-16/h3-4,6-9,12-13H,2,5,10-11,14-15H2,1H3/t21-/m0/s1. The van der Waals surface area contributed by atoms with E-state index in [1.807, 2.05) is 0 Å². The van der Waals surface area contributed by atoms with Crippen LogP contribution in [0.5, 0.6) is 0 Å². The van der Waals surface area contributed by atoms with Crippen LogP contribution in [-0.4, -0.2) is 36.5 Å². The lowest BCUT2D eigenvalue weighted by atomic mass is 9.74. The lowest BCUT2D eigenvalue weighted by Gasteiger charge is -2.41. The summed E-state index contributed by atoms with van der Waals surface area (Å²) < 4.78 is 20.2. The number of carbonyl (C=O) groups is 2. The van der Waals surface area contributed by atoms with Gasteiger partial charge in [0.2, 0.25) is 0 Å². The fourth-order valence-corrected chi connectivity index (χ4v) is 3.72. The number of pyridine rings is 1. The summed E-state index contributed by atoms with van der Waals surface area (Å²) in [6.07, 6.45) is 3.80. The topological polar surface area (TPSA) is 73.5 Å². The molecule has 2 heterocycles. The Hall–Kier alpha value is -2.96. The molecule has 0 spiro atoms. The van der Waals surface area contributed by atoms with Crippen LogP contribution in [0.1, 0.15) is 35.7 Å². The summed E-state index contributed by atoms with van der Waals surface area (Å²) in [6.45, 7) is 2.57. The third-order valence-corrected chi connectivity index (χ3v) is 5.11. The van der Waals surface area contributed by atoms with E-state index in [-0.39, 0.29) is 31.3 Å². The van der Waals surface area contributed by atoms with Gasteiger partial charge in [0, 0.05) is 25.2 Å². The van der Waals surface area contributed by atoms with E-state index >= 15 is 0 Å². The Labute approximate surface area is 163 Å². The largest absolute Gasteiger partial charge is 0.619 e. The number of benzene rings is 1. The molecule has 1 aromatic heterocycles. The first-order valence-electron chi connectivity index (χ1n) is 9.34. The summed E-state index contributed by atoms with van der Waals surface area (Å²) in [7, 11) is 0. The van der Waals surface area contributed by atoms with E-state index in [1.54, 1.807) is 30.0 Å². The molecular formula is C21H23FN2O4. The Bertz CT molecular complexity index is 856. The quantitative estimate of drug-likeness (QED) is 0.450. The Balaban J connectivity index is 1.89. The van der Waals surface area contributed by atoms with Crippen LogP contribution in [0.4, 0.5) is 4.39 Å². The van der Waals surface area contributed by atoms with Gasteiger partial charge in [0.05, 0.1) is 17.6 Å². The van der Waals surface area contributed by atoms with Crippen LogP contribution in [0.25, 0.3) is 0 Å². The molecule has 1 fully saturated rings. The predicted octanol–water partition coefficient (Wildman–Crippen LogP) is 2.49. The van der Waals surface area contributed by atoms with Gasteiger partial charge >= 0.3 is 5.97 Å². The lowest BCUT2D eigenvalue weighted by Crippen LogP contribution is -2.51. The second kappa shape index (κ2) is 8.37. The summed E-state index contributed by atoms with van der Waals surface area (Å²) in [6, 6.07) is 9.25. The van der Waals surface area contributed by atoms with E-state index in [2.05, 4.69) is 0 Å². The summed E-state index contributed by atoms with van der Waals surface area (Å²) >= 11 is 0. The zero-order valence-corrected chi connectivity index (χ0v) is 15.8. The number of ether oxygens (including phenoxy) is 1. The highest BCUT2D eigenvalue weighted by molar-refractivity contribution is 5.94. The van der Waals surface area contributed by atoms with Gasteiger partial charge in [-0.25, -0.2) is 4.39 Å². The molecule has 1 aromatic carbocycles. The van der Waals surface area contributed by atoms with Crippen molar-refractivity contribution in [2.45, 2.75) is 26.2 Å². The van der Waals surface area contributed by atoms with Gasteiger partial charge in [-0.2, -0.15) is 4.73 Å². The summed E-state index contributed by atoms with van der Waals surface area (Å²) in [5, 5.41) is 11.2. The molecule has 0 aliphatic carbocycles. The monoisotopic (exact) mass is 386 g/mol. The van der Waals surface area contributed by atoms with Crippen molar-refractivity contribution in [2.24, 2.45) is 5.41 Å². The highest BCUT2D eigenvalue weighted by Gasteiger charge is 2.45. The van der Waals surface area contributed by atoms with E-state index in [1.165, 1.54) is 30.6 Å². The van der Waals surface area contributed by atoms with E-state index in [0.717, 1.165) is 0 Å². The van der Waals surface area contributed by atoms with Crippen LogP contribution >= 0.6 is 0 Å². The number of nitrogens with zero attached hydrogens (tertiary/aromatic N) is 2. The van der Waals surface area contributed by atoms with Gasteiger partial charge in [-0.3, -0.25) is 9.59 Å².